The lowest BCUT2D eigenvalue weighted by atomic mass is 9.70. The number of rotatable bonds is 11. The number of carbonyl (C=O) groups excluding carboxylic acids is 2. The number of ether oxygens (including phenoxy) is 1. The molecule has 0 spiro atoms. The number of hydrogen-bond acceptors (Lipinski definition) is 3. The Bertz CT molecular complexity index is 901. The van der Waals surface area contributed by atoms with Crippen LogP contribution in [-0.4, -0.2) is 48.7 Å². The van der Waals surface area contributed by atoms with Crippen molar-refractivity contribution in [1.82, 2.24) is 5.32 Å². The largest absolute Gasteiger partial charge is 0.462 e. The van der Waals surface area contributed by atoms with Gasteiger partial charge in [-0.05, 0) is 80.5 Å². The van der Waals surface area contributed by atoms with Gasteiger partial charge in [0.1, 0.15) is 6.10 Å². The third kappa shape index (κ3) is 6.10. The molecule has 0 heterocycles. The molecule has 1 N–H and O–H groups in total. The Morgan fingerprint density at radius 1 is 0.850 bits per heavy atom. The van der Waals surface area contributed by atoms with E-state index in [4.69, 9.17) is 4.74 Å². The number of fused-ring (bicyclic) bond motifs is 9. The summed E-state index contributed by atoms with van der Waals surface area (Å²) in [6, 6.07) is 0. The molecule has 0 saturated heterocycles. The molecule has 0 aromatic carbocycles. The van der Waals surface area contributed by atoms with Crippen LogP contribution in [0.5, 0.6) is 0 Å². The minimum absolute atomic E-state index is 0.0553. The maximum absolute atomic E-state index is 13.1. The van der Waals surface area contributed by atoms with Crippen molar-refractivity contribution in [3.05, 3.63) is 0 Å². The first-order valence-electron chi connectivity index (χ1n) is 14.4. The molecule has 0 aromatic heterocycles. The lowest BCUT2D eigenvalue weighted by Gasteiger charge is -2.38. The summed E-state index contributed by atoms with van der Waals surface area (Å²) in [6.45, 7) is 6.07. The van der Waals surface area contributed by atoms with E-state index in [1.165, 1.54) is 39.0 Å². The molecule has 0 aliphatic heterocycles. The van der Waals surface area contributed by atoms with Gasteiger partial charge < -0.3 is 10.1 Å². The van der Waals surface area contributed by atoms with Crippen LogP contribution in [0.15, 0.2) is 0 Å². The van der Waals surface area contributed by atoms with Crippen molar-refractivity contribution in [3.63, 3.8) is 0 Å². The highest BCUT2D eigenvalue weighted by atomic mass is 19.4. The van der Waals surface area contributed by atoms with Gasteiger partial charge in [-0.3, -0.25) is 9.59 Å². The molecule has 9 atom stereocenters. The smallest absolute Gasteiger partial charge is 0.377 e. The van der Waals surface area contributed by atoms with Gasteiger partial charge in [-0.1, -0.05) is 27.7 Å². The van der Waals surface area contributed by atoms with Gasteiger partial charge in [-0.2, -0.15) is 26.3 Å². The van der Waals surface area contributed by atoms with E-state index in [9.17, 15) is 44.7 Å². The minimum Gasteiger partial charge on any atom is -0.462 e. The van der Waals surface area contributed by atoms with Crippen LogP contribution in [0.2, 0.25) is 0 Å². The predicted octanol–water partition coefficient (Wildman–Crippen LogP) is 7.36. The van der Waals surface area contributed by atoms with Crippen LogP contribution >= 0.6 is 0 Å². The molecule has 4 nitrogen and oxygen atoms in total. The van der Waals surface area contributed by atoms with Crippen LogP contribution in [0.1, 0.15) is 79.1 Å². The van der Waals surface area contributed by atoms with Gasteiger partial charge in [0.2, 0.25) is 5.91 Å². The fraction of sp³-hybridized carbons (Fsp3) is 0.929. The monoisotopic (exact) mass is 591 g/mol. The first kappa shape index (κ1) is 32.9. The van der Waals surface area contributed by atoms with Gasteiger partial charge >= 0.3 is 30.2 Å². The highest BCUT2D eigenvalue weighted by Gasteiger charge is 2.74. The number of halogens is 8. The van der Waals surface area contributed by atoms with E-state index in [1.807, 2.05) is 12.2 Å². The molecule has 232 valence electrons. The number of nitrogens with one attached hydrogen (secondary N) is 1. The number of esters is 1. The summed E-state index contributed by atoms with van der Waals surface area (Å²) in [7, 11) is 0. The number of amides is 1. The third-order valence-corrected chi connectivity index (χ3v) is 9.91. The molecule has 0 aromatic rings. The normalized spacial score (nSPS) is 32.4. The average molecular weight is 592 g/mol. The van der Waals surface area contributed by atoms with Crippen molar-refractivity contribution in [2.75, 3.05) is 6.54 Å². The minimum atomic E-state index is -6.23. The second-order valence-corrected chi connectivity index (χ2v) is 12.2. The Hall–Kier alpha value is -1.62. The summed E-state index contributed by atoms with van der Waals surface area (Å²) in [4.78, 5) is 23.2. The van der Waals surface area contributed by atoms with Crippen LogP contribution in [0.25, 0.3) is 0 Å². The standard InChI is InChI=1S/C17H26O2.C11H15F8NO/c1-3-9(2)17(18)19-14-8-12-7-13(14)16-11-5-4-10(6-11)15(12)16;1-3-6(2)7(21)20-5-4-9(14,15)11(18,19)10(16,17)8(12)13/h9-16H,3-8H2,1-2H3;6,8H,3-5H2,1-2H3,(H,20,21). The lowest BCUT2D eigenvalue weighted by Crippen LogP contribution is -2.58. The van der Waals surface area contributed by atoms with Crippen molar-refractivity contribution >= 4 is 11.9 Å². The van der Waals surface area contributed by atoms with E-state index in [1.54, 1.807) is 6.92 Å². The summed E-state index contributed by atoms with van der Waals surface area (Å²) in [6.07, 6.45) is 1.68. The Kier molecular flexibility index (Phi) is 10.1. The molecular weight excluding hydrogens is 550 g/mol. The van der Waals surface area contributed by atoms with Gasteiger partial charge in [-0.25, -0.2) is 8.78 Å². The molecule has 12 heteroatoms. The molecule has 4 aliphatic carbocycles. The van der Waals surface area contributed by atoms with Gasteiger partial charge in [0.05, 0.1) is 5.92 Å². The molecule has 4 bridgehead atoms. The van der Waals surface area contributed by atoms with Crippen LogP contribution in [0.4, 0.5) is 35.1 Å². The van der Waals surface area contributed by atoms with Gasteiger partial charge in [-0.15, -0.1) is 0 Å². The molecule has 1 amide bonds. The van der Waals surface area contributed by atoms with E-state index >= 15 is 0 Å². The number of hydrogen-bond donors (Lipinski definition) is 1. The zero-order chi connectivity index (χ0) is 30.2. The SMILES string of the molecule is CCC(C)C(=O)NCCC(F)(F)C(F)(F)C(F)(F)C(F)F.CCC(C)C(=O)OC1CC2CC1C1C3CCC(C3)C21. The Balaban J connectivity index is 0.000000221. The quantitative estimate of drug-likeness (QED) is 0.155. The van der Waals surface area contributed by atoms with Crippen LogP contribution in [-0.2, 0) is 14.3 Å². The van der Waals surface area contributed by atoms with E-state index in [-0.39, 0.29) is 18.0 Å². The first-order valence-corrected chi connectivity index (χ1v) is 14.4. The van der Waals surface area contributed by atoms with Crippen molar-refractivity contribution in [1.29, 1.82) is 0 Å². The molecule has 9 unspecified atom stereocenters. The molecule has 0 radical (unpaired) electrons. The molecule has 40 heavy (non-hydrogen) atoms. The molecule has 4 rings (SSSR count). The molecular formula is C28H41F8NO3. The zero-order valence-corrected chi connectivity index (χ0v) is 23.4. The fourth-order valence-corrected chi connectivity index (χ4v) is 7.31. The Morgan fingerprint density at radius 2 is 1.43 bits per heavy atom. The van der Waals surface area contributed by atoms with Gasteiger partial charge in [0, 0.05) is 18.9 Å². The summed E-state index contributed by atoms with van der Waals surface area (Å²) >= 11 is 0. The van der Waals surface area contributed by atoms with Crippen LogP contribution in [0.3, 0.4) is 0 Å². The summed E-state index contributed by atoms with van der Waals surface area (Å²) in [5, 5.41) is 1.86. The van der Waals surface area contributed by atoms with Crippen molar-refractivity contribution in [3.8, 4) is 0 Å². The summed E-state index contributed by atoms with van der Waals surface area (Å²) in [5.74, 6) is -13.4. The Labute approximate surface area is 230 Å². The molecule has 4 fully saturated rings. The summed E-state index contributed by atoms with van der Waals surface area (Å²) < 4.78 is 106. The van der Waals surface area contributed by atoms with Gasteiger partial charge in [0.25, 0.3) is 0 Å². The number of alkyl halides is 8. The zero-order valence-electron chi connectivity index (χ0n) is 23.4. The second-order valence-electron chi connectivity index (χ2n) is 12.2. The molecule has 4 saturated carbocycles. The van der Waals surface area contributed by atoms with Crippen LogP contribution < -0.4 is 5.32 Å². The van der Waals surface area contributed by atoms with E-state index in [2.05, 4.69) is 6.92 Å². The maximum Gasteiger partial charge on any atom is 0.377 e. The van der Waals surface area contributed by atoms with Crippen molar-refractivity contribution in [2.45, 2.75) is 109 Å². The van der Waals surface area contributed by atoms with Crippen LogP contribution in [0, 0.1) is 47.3 Å². The maximum atomic E-state index is 13.1. The van der Waals surface area contributed by atoms with E-state index in [0.717, 1.165) is 41.9 Å². The van der Waals surface area contributed by atoms with Crippen molar-refractivity contribution < 1.29 is 49.4 Å². The van der Waals surface area contributed by atoms with E-state index in [0.29, 0.717) is 6.42 Å². The van der Waals surface area contributed by atoms with Crippen molar-refractivity contribution in [2.24, 2.45) is 47.3 Å². The predicted molar refractivity (Wildman–Crippen MR) is 131 cm³/mol. The highest BCUT2D eigenvalue weighted by molar-refractivity contribution is 5.78. The second kappa shape index (κ2) is 12.3. The average Bonchev–Trinajstić information content (AvgIpc) is 3.68. The lowest BCUT2D eigenvalue weighted by molar-refractivity contribution is -0.339. The summed E-state index contributed by atoms with van der Waals surface area (Å²) in [5.41, 5.74) is 0. The first-order chi connectivity index (χ1) is 18.5. The molecule has 4 aliphatic rings. The number of carbonyl (C=O) groups is 2. The van der Waals surface area contributed by atoms with E-state index < -0.39 is 49.0 Å². The topological polar surface area (TPSA) is 55.4 Å². The fourth-order valence-electron chi connectivity index (χ4n) is 7.31. The third-order valence-electron chi connectivity index (χ3n) is 9.91. The highest BCUT2D eigenvalue weighted by Crippen LogP contribution is 2.67. The van der Waals surface area contributed by atoms with Gasteiger partial charge in [0.15, 0.2) is 0 Å². The Morgan fingerprint density at radius 3 is 1.98 bits per heavy atom.